The van der Waals surface area contributed by atoms with Crippen LogP contribution in [0.25, 0.3) is 5.57 Å². The van der Waals surface area contributed by atoms with Crippen molar-refractivity contribution in [3.05, 3.63) is 65.4 Å². The van der Waals surface area contributed by atoms with E-state index in [0.717, 1.165) is 28.1 Å². The zero-order valence-corrected chi connectivity index (χ0v) is 11.5. The third kappa shape index (κ3) is 2.07. The molecule has 0 radical (unpaired) electrons. The van der Waals surface area contributed by atoms with Crippen molar-refractivity contribution in [1.29, 1.82) is 0 Å². The van der Waals surface area contributed by atoms with Crippen molar-refractivity contribution in [3.63, 3.8) is 0 Å². The Morgan fingerprint density at radius 2 is 1.70 bits per heavy atom. The molecule has 20 heavy (non-hydrogen) atoms. The first-order valence-electron chi connectivity index (χ1n) is 6.60. The molecule has 1 aliphatic rings. The number of carbonyl (C=O) groups is 1. The normalized spacial score (nSPS) is 15.1. The van der Waals surface area contributed by atoms with Gasteiger partial charge in [0.2, 0.25) is 0 Å². The molecular weight excluding hydrogens is 248 g/mol. The van der Waals surface area contributed by atoms with Gasteiger partial charge in [-0.2, -0.15) is 0 Å². The quantitative estimate of drug-likeness (QED) is 0.812. The first-order valence-corrected chi connectivity index (χ1v) is 6.60. The maximum absolute atomic E-state index is 12.0. The number of fused-ring (bicyclic) bond motifs is 1. The van der Waals surface area contributed by atoms with Crippen LogP contribution >= 0.6 is 0 Å². The number of aryl methyl sites for hydroxylation is 2. The lowest BCUT2D eigenvalue weighted by Gasteiger charge is -2.09. The lowest BCUT2D eigenvalue weighted by Crippen LogP contribution is -2.05. The van der Waals surface area contributed by atoms with E-state index < -0.39 is 0 Å². The van der Waals surface area contributed by atoms with E-state index in [1.165, 1.54) is 0 Å². The van der Waals surface area contributed by atoms with Crippen LogP contribution < -0.4 is 10.6 Å². The van der Waals surface area contributed by atoms with Crippen LogP contribution in [0.1, 0.15) is 16.7 Å². The van der Waals surface area contributed by atoms with Crippen LogP contribution in [-0.2, 0) is 4.79 Å². The summed E-state index contributed by atoms with van der Waals surface area (Å²) < 4.78 is 0. The van der Waals surface area contributed by atoms with Gasteiger partial charge in [-0.05, 0) is 31.0 Å². The van der Waals surface area contributed by atoms with E-state index >= 15 is 0 Å². The smallest absolute Gasteiger partial charge is 0.257 e. The van der Waals surface area contributed by atoms with Crippen molar-refractivity contribution in [2.75, 3.05) is 10.6 Å². The fourth-order valence-electron chi connectivity index (χ4n) is 2.47. The number of hydrogen-bond donors (Lipinski definition) is 2. The minimum atomic E-state index is -0.0649. The third-order valence-electron chi connectivity index (χ3n) is 3.55. The van der Waals surface area contributed by atoms with Crippen LogP contribution in [-0.4, -0.2) is 5.91 Å². The average Bonchev–Trinajstić information content (AvgIpc) is 2.74. The fourth-order valence-corrected chi connectivity index (χ4v) is 2.47. The minimum Gasteiger partial charge on any atom is -0.360 e. The Morgan fingerprint density at radius 1 is 1.00 bits per heavy atom. The van der Waals surface area contributed by atoms with Crippen molar-refractivity contribution < 1.29 is 4.79 Å². The third-order valence-corrected chi connectivity index (χ3v) is 3.55. The Kier molecular flexibility index (Phi) is 3.03. The molecule has 3 nitrogen and oxygen atoms in total. The summed E-state index contributed by atoms with van der Waals surface area (Å²) in [5.74, 6) is -0.0649. The van der Waals surface area contributed by atoms with E-state index in [-0.39, 0.29) is 5.91 Å². The number of hydrogen-bond acceptors (Lipinski definition) is 2. The van der Waals surface area contributed by atoms with Crippen LogP contribution in [0.4, 0.5) is 11.4 Å². The van der Waals surface area contributed by atoms with Gasteiger partial charge in [-0.3, -0.25) is 4.79 Å². The Labute approximate surface area is 118 Å². The van der Waals surface area contributed by atoms with E-state index in [9.17, 15) is 4.79 Å². The number of rotatable bonds is 2. The molecule has 0 fully saturated rings. The fraction of sp³-hybridized carbons (Fsp3) is 0.118. The van der Waals surface area contributed by atoms with Gasteiger partial charge in [0.25, 0.3) is 5.91 Å². The van der Waals surface area contributed by atoms with E-state index in [4.69, 9.17) is 0 Å². The average molecular weight is 264 g/mol. The molecule has 2 aromatic carbocycles. The second-order valence-electron chi connectivity index (χ2n) is 4.97. The maximum Gasteiger partial charge on any atom is 0.257 e. The molecule has 0 aromatic heterocycles. The van der Waals surface area contributed by atoms with E-state index in [1.807, 2.05) is 30.3 Å². The van der Waals surface area contributed by atoms with Gasteiger partial charge < -0.3 is 10.6 Å². The minimum absolute atomic E-state index is 0.0649. The van der Waals surface area contributed by atoms with Crippen molar-refractivity contribution >= 4 is 22.9 Å². The number of nitrogens with one attached hydrogen (secondary N) is 2. The van der Waals surface area contributed by atoms with Gasteiger partial charge in [0.1, 0.15) is 0 Å². The van der Waals surface area contributed by atoms with Gasteiger partial charge in [-0.1, -0.05) is 36.4 Å². The van der Waals surface area contributed by atoms with Crippen molar-refractivity contribution in [1.82, 2.24) is 0 Å². The molecule has 100 valence electrons. The summed E-state index contributed by atoms with van der Waals surface area (Å²) in [7, 11) is 0. The molecular formula is C17H16N2O. The monoisotopic (exact) mass is 264 g/mol. The van der Waals surface area contributed by atoms with E-state index in [1.54, 1.807) is 6.20 Å². The largest absolute Gasteiger partial charge is 0.360 e. The second-order valence-corrected chi connectivity index (χ2v) is 4.97. The SMILES string of the molecule is Cc1cccc(C)c1N/C=C1\C(=O)Nc2ccccc21. The molecule has 0 unspecified atom stereocenters. The summed E-state index contributed by atoms with van der Waals surface area (Å²) in [5.41, 5.74) is 5.85. The molecule has 2 aromatic rings. The molecule has 3 heteroatoms. The topological polar surface area (TPSA) is 41.1 Å². The van der Waals surface area contributed by atoms with E-state index in [2.05, 4.69) is 36.6 Å². The lowest BCUT2D eigenvalue weighted by atomic mass is 10.1. The molecule has 1 amide bonds. The summed E-state index contributed by atoms with van der Waals surface area (Å²) in [4.78, 5) is 12.0. The zero-order chi connectivity index (χ0) is 14.1. The van der Waals surface area contributed by atoms with Gasteiger partial charge in [0.15, 0.2) is 0 Å². The van der Waals surface area contributed by atoms with Crippen LogP contribution in [0.5, 0.6) is 0 Å². The molecule has 0 saturated heterocycles. The Morgan fingerprint density at radius 3 is 2.45 bits per heavy atom. The molecule has 3 rings (SSSR count). The van der Waals surface area contributed by atoms with Gasteiger partial charge >= 0.3 is 0 Å². The van der Waals surface area contributed by atoms with Gasteiger partial charge in [-0.15, -0.1) is 0 Å². The highest BCUT2D eigenvalue weighted by Gasteiger charge is 2.23. The van der Waals surface area contributed by atoms with Crippen LogP contribution in [0.15, 0.2) is 48.7 Å². The molecule has 0 atom stereocenters. The Hall–Kier alpha value is -2.55. The van der Waals surface area contributed by atoms with Gasteiger partial charge in [0.05, 0.1) is 5.57 Å². The summed E-state index contributed by atoms with van der Waals surface area (Å²) in [5, 5.41) is 6.14. The van der Waals surface area contributed by atoms with E-state index in [0.29, 0.717) is 5.57 Å². The number of carbonyl (C=O) groups excluding carboxylic acids is 1. The summed E-state index contributed by atoms with van der Waals surface area (Å²) >= 11 is 0. The van der Waals surface area contributed by atoms with Gasteiger partial charge in [-0.25, -0.2) is 0 Å². The van der Waals surface area contributed by atoms with Crippen LogP contribution in [0.2, 0.25) is 0 Å². The van der Waals surface area contributed by atoms with Crippen molar-refractivity contribution in [3.8, 4) is 0 Å². The Bertz CT molecular complexity index is 696. The summed E-state index contributed by atoms with van der Waals surface area (Å²) in [6.45, 7) is 4.10. The molecule has 0 aliphatic carbocycles. The predicted molar refractivity (Wildman–Crippen MR) is 82.6 cm³/mol. The van der Waals surface area contributed by atoms with Crippen molar-refractivity contribution in [2.45, 2.75) is 13.8 Å². The number of amides is 1. The highest BCUT2D eigenvalue weighted by Crippen LogP contribution is 2.31. The van der Waals surface area contributed by atoms with Crippen LogP contribution in [0, 0.1) is 13.8 Å². The molecule has 0 saturated carbocycles. The molecule has 1 aliphatic heterocycles. The zero-order valence-electron chi connectivity index (χ0n) is 11.5. The number of benzene rings is 2. The first-order chi connectivity index (χ1) is 9.66. The lowest BCUT2D eigenvalue weighted by molar-refractivity contribution is -0.110. The standard InChI is InChI=1S/C17H16N2O/c1-11-6-5-7-12(2)16(11)18-10-14-13-8-3-4-9-15(13)19-17(14)20/h3-10,18H,1-2H3,(H,19,20)/b14-10-. The first kappa shape index (κ1) is 12.5. The predicted octanol–water partition coefficient (Wildman–Crippen LogP) is 3.71. The summed E-state index contributed by atoms with van der Waals surface area (Å²) in [6.07, 6.45) is 1.79. The number of anilines is 2. The highest BCUT2D eigenvalue weighted by molar-refractivity contribution is 6.31. The molecule has 0 bridgehead atoms. The summed E-state index contributed by atoms with van der Waals surface area (Å²) in [6, 6.07) is 13.8. The molecule has 1 heterocycles. The number of para-hydroxylation sites is 2. The molecule has 0 spiro atoms. The Balaban J connectivity index is 1.96. The highest BCUT2D eigenvalue weighted by atomic mass is 16.2. The van der Waals surface area contributed by atoms with Gasteiger partial charge in [0, 0.05) is 23.1 Å². The van der Waals surface area contributed by atoms with Crippen molar-refractivity contribution in [2.24, 2.45) is 0 Å². The second kappa shape index (κ2) is 4.85. The molecule has 2 N–H and O–H groups in total. The van der Waals surface area contributed by atoms with Crippen LogP contribution in [0.3, 0.4) is 0 Å². The maximum atomic E-state index is 12.0.